The fourth-order valence-corrected chi connectivity index (χ4v) is 2.38. The van der Waals surface area contributed by atoms with Crippen LogP contribution in [0.3, 0.4) is 0 Å². The second-order valence-electron chi connectivity index (χ2n) is 5.37. The average molecular weight is 354 g/mol. The first-order valence-electron chi connectivity index (χ1n) is 8.20. The summed E-state index contributed by atoms with van der Waals surface area (Å²) in [4.78, 5) is 37.4. The Labute approximate surface area is 147 Å². The summed E-state index contributed by atoms with van der Waals surface area (Å²) in [6.07, 6.45) is 1.23. The van der Waals surface area contributed by atoms with Gasteiger partial charge in [-0.05, 0) is 37.6 Å². The lowest BCUT2D eigenvalue weighted by Crippen LogP contribution is -2.34. The van der Waals surface area contributed by atoms with Crippen LogP contribution < -0.4 is 0 Å². The number of rotatable bonds is 10. The fourth-order valence-electron chi connectivity index (χ4n) is 2.25. The Bertz CT molecular complexity index is 557. The Morgan fingerprint density at radius 2 is 1.67 bits per heavy atom. The maximum atomic E-state index is 12.3. The van der Waals surface area contributed by atoms with Crippen molar-refractivity contribution in [3.05, 3.63) is 34.9 Å². The van der Waals surface area contributed by atoms with Gasteiger partial charge in [0.15, 0.2) is 5.78 Å². The normalized spacial score (nSPS) is 10.3. The molecule has 0 heterocycles. The molecule has 0 spiro atoms. The molecule has 5 nitrogen and oxygen atoms in total. The van der Waals surface area contributed by atoms with Crippen molar-refractivity contribution in [3.63, 3.8) is 0 Å². The molecule has 0 bridgehead atoms. The Morgan fingerprint density at radius 3 is 2.25 bits per heavy atom. The van der Waals surface area contributed by atoms with Gasteiger partial charge in [0.25, 0.3) is 0 Å². The van der Waals surface area contributed by atoms with Crippen LogP contribution in [0.25, 0.3) is 0 Å². The summed E-state index contributed by atoms with van der Waals surface area (Å²) in [5.41, 5.74) is 0.542. The van der Waals surface area contributed by atoms with E-state index in [-0.39, 0.29) is 36.9 Å². The highest BCUT2D eigenvalue weighted by Gasteiger charge is 2.16. The zero-order chi connectivity index (χ0) is 17.9. The van der Waals surface area contributed by atoms with Crippen molar-refractivity contribution < 1.29 is 19.1 Å². The zero-order valence-corrected chi connectivity index (χ0v) is 15.0. The number of esters is 1. The molecule has 0 unspecified atom stereocenters. The monoisotopic (exact) mass is 353 g/mol. The number of amides is 1. The number of halogens is 1. The maximum Gasteiger partial charge on any atom is 0.307 e. The van der Waals surface area contributed by atoms with Gasteiger partial charge in [0, 0.05) is 36.5 Å². The fraction of sp³-hybridized carbons (Fsp3) is 0.500. The van der Waals surface area contributed by atoms with Crippen molar-refractivity contribution in [2.24, 2.45) is 0 Å². The molecule has 0 aliphatic heterocycles. The van der Waals surface area contributed by atoms with Crippen molar-refractivity contribution in [2.45, 2.75) is 39.5 Å². The predicted molar refractivity (Wildman–Crippen MR) is 93.1 cm³/mol. The summed E-state index contributed by atoms with van der Waals surface area (Å²) in [5, 5.41) is 0.565. The molecule has 0 aliphatic rings. The summed E-state index contributed by atoms with van der Waals surface area (Å²) in [5.74, 6) is -0.533. The minimum Gasteiger partial charge on any atom is -0.466 e. The van der Waals surface area contributed by atoms with Gasteiger partial charge in [-0.3, -0.25) is 14.4 Å². The third-order valence-electron chi connectivity index (χ3n) is 3.47. The quantitative estimate of drug-likeness (QED) is 0.477. The number of ether oxygens (including phenoxy) is 1. The molecule has 132 valence electrons. The van der Waals surface area contributed by atoms with Crippen LogP contribution in [0, 0.1) is 0 Å². The van der Waals surface area contributed by atoms with Crippen LogP contribution in [0.4, 0.5) is 0 Å². The van der Waals surface area contributed by atoms with E-state index in [0.29, 0.717) is 30.3 Å². The van der Waals surface area contributed by atoms with Crippen LogP contribution in [-0.2, 0) is 14.3 Å². The van der Waals surface area contributed by atoms with Gasteiger partial charge in [-0.2, -0.15) is 0 Å². The van der Waals surface area contributed by atoms with Crippen molar-refractivity contribution in [3.8, 4) is 0 Å². The summed E-state index contributed by atoms with van der Waals surface area (Å²) in [6.45, 7) is 4.92. The number of hydrogen-bond donors (Lipinski definition) is 0. The Balaban J connectivity index is 2.50. The van der Waals surface area contributed by atoms with Crippen molar-refractivity contribution in [1.29, 1.82) is 0 Å². The van der Waals surface area contributed by atoms with Gasteiger partial charge < -0.3 is 9.64 Å². The summed E-state index contributed by atoms with van der Waals surface area (Å²) in [7, 11) is 0. The zero-order valence-electron chi connectivity index (χ0n) is 14.2. The van der Waals surface area contributed by atoms with Gasteiger partial charge in [0.2, 0.25) is 5.91 Å². The number of ketones is 1. The topological polar surface area (TPSA) is 63.7 Å². The molecule has 0 saturated carbocycles. The van der Waals surface area contributed by atoms with Gasteiger partial charge in [-0.15, -0.1) is 0 Å². The number of nitrogens with zero attached hydrogens (tertiary/aromatic N) is 1. The minimum atomic E-state index is -0.316. The van der Waals surface area contributed by atoms with Crippen LogP contribution in [0.2, 0.25) is 5.02 Å². The molecule has 0 atom stereocenters. The van der Waals surface area contributed by atoms with E-state index >= 15 is 0 Å². The van der Waals surface area contributed by atoms with Crippen LogP contribution in [0.5, 0.6) is 0 Å². The first-order valence-corrected chi connectivity index (χ1v) is 8.57. The van der Waals surface area contributed by atoms with E-state index in [9.17, 15) is 14.4 Å². The molecular weight excluding hydrogens is 330 g/mol. The van der Waals surface area contributed by atoms with Crippen LogP contribution >= 0.6 is 11.6 Å². The second-order valence-corrected chi connectivity index (χ2v) is 5.80. The van der Waals surface area contributed by atoms with Gasteiger partial charge >= 0.3 is 5.97 Å². The van der Waals surface area contributed by atoms with E-state index in [1.165, 1.54) is 0 Å². The molecule has 1 aromatic carbocycles. The summed E-state index contributed by atoms with van der Waals surface area (Å²) >= 11 is 5.79. The van der Waals surface area contributed by atoms with Crippen molar-refractivity contribution in [1.82, 2.24) is 4.90 Å². The smallest absolute Gasteiger partial charge is 0.307 e. The molecule has 1 rings (SSSR count). The average Bonchev–Trinajstić information content (AvgIpc) is 2.57. The molecule has 6 heteroatoms. The first kappa shape index (κ1) is 20.2. The van der Waals surface area contributed by atoms with E-state index < -0.39 is 0 Å². The van der Waals surface area contributed by atoms with E-state index in [0.717, 1.165) is 6.42 Å². The van der Waals surface area contributed by atoms with Crippen LogP contribution in [0.1, 0.15) is 49.9 Å². The van der Waals surface area contributed by atoms with Gasteiger partial charge in [-0.25, -0.2) is 0 Å². The maximum absolute atomic E-state index is 12.3. The van der Waals surface area contributed by atoms with E-state index in [1.807, 2.05) is 6.92 Å². The Morgan fingerprint density at radius 1 is 1.00 bits per heavy atom. The lowest BCUT2D eigenvalue weighted by Gasteiger charge is -2.21. The molecule has 24 heavy (non-hydrogen) atoms. The van der Waals surface area contributed by atoms with Crippen LogP contribution in [-0.4, -0.2) is 42.3 Å². The van der Waals surface area contributed by atoms with E-state index in [1.54, 1.807) is 36.1 Å². The lowest BCUT2D eigenvalue weighted by atomic mass is 10.1. The molecule has 0 aromatic heterocycles. The molecule has 0 fully saturated rings. The molecule has 1 amide bonds. The minimum absolute atomic E-state index is 0.0955. The molecular formula is C18H24ClNO4. The summed E-state index contributed by atoms with van der Waals surface area (Å²) < 4.78 is 4.87. The van der Waals surface area contributed by atoms with Gasteiger partial charge in [-0.1, -0.05) is 18.5 Å². The van der Waals surface area contributed by atoms with Gasteiger partial charge in [0.05, 0.1) is 13.0 Å². The van der Waals surface area contributed by atoms with E-state index in [2.05, 4.69) is 0 Å². The molecule has 0 N–H and O–H groups in total. The van der Waals surface area contributed by atoms with E-state index in [4.69, 9.17) is 16.3 Å². The van der Waals surface area contributed by atoms with Crippen molar-refractivity contribution >= 4 is 29.3 Å². The third-order valence-corrected chi connectivity index (χ3v) is 3.72. The number of carbonyl (C=O) groups is 3. The Hall–Kier alpha value is -1.88. The van der Waals surface area contributed by atoms with Crippen molar-refractivity contribution in [2.75, 3.05) is 19.7 Å². The molecule has 0 aliphatic carbocycles. The lowest BCUT2D eigenvalue weighted by molar-refractivity contribution is -0.144. The Kier molecular flexibility index (Phi) is 9.08. The number of benzene rings is 1. The summed E-state index contributed by atoms with van der Waals surface area (Å²) in [6, 6.07) is 6.61. The highest BCUT2D eigenvalue weighted by Crippen LogP contribution is 2.12. The molecule has 0 radical (unpaired) electrons. The number of Topliss-reactive ketones (excluding diaryl/α,β-unsaturated/α-hetero) is 1. The molecule has 0 saturated heterocycles. The molecule has 1 aromatic rings. The highest BCUT2D eigenvalue weighted by atomic mass is 35.5. The highest BCUT2D eigenvalue weighted by molar-refractivity contribution is 6.30. The van der Waals surface area contributed by atoms with Crippen LogP contribution in [0.15, 0.2) is 24.3 Å². The SMILES string of the molecule is CCCN(CCC(=O)OCC)C(=O)CCC(=O)c1ccc(Cl)cc1. The standard InChI is InChI=1S/C18H24ClNO4/c1-3-12-20(13-11-18(23)24-4-2)17(22)10-9-16(21)14-5-7-15(19)8-6-14/h5-8H,3-4,9-13H2,1-2H3. The number of carbonyl (C=O) groups excluding carboxylic acids is 3. The number of hydrogen-bond acceptors (Lipinski definition) is 4. The largest absolute Gasteiger partial charge is 0.466 e. The van der Waals surface area contributed by atoms with Gasteiger partial charge in [0.1, 0.15) is 0 Å². The predicted octanol–water partition coefficient (Wildman–Crippen LogP) is 3.49. The third kappa shape index (κ3) is 7.13. The second kappa shape index (κ2) is 10.8. The first-order chi connectivity index (χ1) is 11.5.